The summed E-state index contributed by atoms with van der Waals surface area (Å²) >= 11 is 5.34. The van der Waals surface area contributed by atoms with Gasteiger partial charge in [-0.2, -0.15) is 0 Å². The number of benzene rings is 2. The van der Waals surface area contributed by atoms with Gasteiger partial charge in [0.25, 0.3) is 0 Å². The topological polar surface area (TPSA) is 21.8 Å². The Bertz CT molecular complexity index is 943. The number of halogens is 2. The van der Waals surface area contributed by atoms with Gasteiger partial charge in [-0.1, -0.05) is 18.2 Å². The van der Waals surface area contributed by atoms with E-state index in [1.807, 2.05) is 18.2 Å². The van der Waals surface area contributed by atoms with E-state index < -0.39 is 0 Å². The Morgan fingerprint density at radius 3 is 2.32 bits per heavy atom. The minimum Gasteiger partial charge on any atom is -0.361 e. The SMILES string of the molecule is Fc1ccc([C@@H]2C[C@@H](N3CCN(CCN4CCNC4=S)CC3)c3ccc(F)cc32)cc1. The Morgan fingerprint density at radius 1 is 0.871 bits per heavy atom. The fraction of sp³-hybridized carbons (Fsp3) is 0.458. The lowest BCUT2D eigenvalue weighted by Gasteiger charge is -2.39. The van der Waals surface area contributed by atoms with Crippen molar-refractivity contribution in [1.29, 1.82) is 0 Å². The highest BCUT2D eigenvalue weighted by Crippen LogP contribution is 2.47. The molecular formula is C24H28F2N4S. The van der Waals surface area contributed by atoms with Crippen LogP contribution in [0.4, 0.5) is 8.78 Å². The lowest BCUT2D eigenvalue weighted by atomic mass is 9.93. The molecule has 5 rings (SSSR count). The summed E-state index contributed by atoms with van der Waals surface area (Å²) in [4.78, 5) is 7.30. The number of nitrogens with zero attached hydrogens (tertiary/aromatic N) is 3. The molecule has 0 aromatic heterocycles. The Morgan fingerprint density at radius 2 is 1.61 bits per heavy atom. The molecule has 31 heavy (non-hydrogen) atoms. The lowest BCUT2D eigenvalue weighted by molar-refractivity contribution is 0.0921. The van der Waals surface area contributed by atoms with Crippen LogP contribution in [0.2, 0.25) is 0 Å². The average Bonchev–Trinajstić information content (AvgIpc) is 3.36. The lowest BCUT2D eigenvalue weighted by Crippen LogP contribution is -2.49. The van der Waals surface area contributed by atoms with Gasteiger partial charge in [0.15, 0.2) is 5.11 Å². The first-order valence-electron chi connectivity index (χ1n) is 11.1. The van der Waals surface area contributed by atoms with Crippen LogP contribution >= 0.6 is 12.2 Å². The summed E-state index contributed by atoms with van der Waals surface area (Å²) in [5.41, 5.74) is 3.33. The molecule has 2 aliphatic heterocycles. The Kier molecular flexibility index (Phi) is 5.91. The first kappa shape index (κ1) is 20.8. The molecule has 1 aliphatic carbocycles. The third-order valence-corrected chi connectivity index (χ3v) is 7.40. The molecule has 2 aromatic carbocycles. The van der Waals surface area contributed by atoms with Crippen LogP contribution in [0.15, 0.2) is 42.5 Å². The van der Waals surface area contributed by atoms with Gasteiger partial charge in [0.2, 0.25) is 0 Å². The van der Waals surface area contributed by atoms with E-state index in [4.69, 9.17) is 12.2 Å². The molecule has 0 amide bonds. The van der Waals surface area contributed by atoms with Crippen molar-refractivity contribution in [2.75, 3.05) is 52.4 Å². The molecule has 1 N–H and O–H groups in total. The van der Waals surface area contributed by atoms with Gasteiger partial charge < -0.3 is 10.2 Å². The van der Waals surface area contributed by atoms with Gasteiger partial charge in [0.05, 0.1) is 0 Å². The van der Waals surface area contributed by atoms with Gasteiger partial charge in [-0.25, -0.2) is 8.78 Å². The second-order valence-electron chi connectivity index (χ2n) is 8.73. The maximum Gasteiger partial charge on any atom is 0.169 e. The van der Waals surface area contributed by atoms with E-state index in [-0.39, 0.29) is 23.6 Å². The van der Waals surface area contributed by atoms with Crippen LogP contribution in [-0.4, -0.2) is 72.2 Å². The fourth-order valence-corrected chi connectivity index (χ4v) is 5.55. The fourth-order valence-electron chi connectivity index (χ4n) is 5.27. The average molecular weight is 443 g/mol. The van der Waals surface area contributed by atoms with Crippen LogP contribution in [0.25, 0.3) is 0 Å². The number of thiocarbonyl (C=S) groups is 1. The maximum absolute atomic E-state index is 14.1. The quantitative estimate of drug-likeness (QED) is 0.715. The van der Waals surface area contributed by atoms with Crippen molar-refractivity contribution >= 4 is 17.3 Å². The number of hydrogen-bond donors (Lipinski definition) is 1. The smallest absolute Gasteiger partial charge is 0.169 e. The van der Waals surface area contributed by atoms with Crippen molar-refractivity contribution in [3.63, 3.8) is 0 Å². The number of piperazine rings is 1. The highest BCUT2D eigenvalue weighted by Gasteiger charge is 2.36. The van der Waals surface area contributed by atoms with Gasteiger partial charge in [-0.05, 0) is 59.6 Å². The molecule has 4 nitrogen and oxygen atoms in total. The molecule has 2 saturated heterocycles. The third-order valence-electron chi connectivity index (χ3n) is 6.99. The molecule has 0 saturated carbocycles. The third kappa shape index (κ3) is 4.31. The van der Waals surface area contributed by atoms with E-state index in [1.54, 1.807) is 12.1 Å². The minimum absolute atomic E-state index is 0.109. The molecule has 164 valence electrons. The number of fused-ring (bicyclic) bond motifs is 1. The Balaban J connectivity index is 1.25. The van der Waals surface area contributed by atoms with Crippen LogP contribution < -0.4 is 5.32 Å². The molecule has 3 aliphatic rings. The number of nitrogens with one attached hydrogen (secondary N) is 1. The molecule has 0 radical (unpaired) electrons. The first-order valence-corrected chi connectivity index (χ1v) is 11.5. The first-order chi connectivity index (χ1) is 15.1. The number of hydrogen-bond acceptors (Lipinski definition) is 3. The van der Waals surface area contributed by atoms with Gasteiger partial charge in [-0.3, -0.25) is 9.80 Å². The summed E-state index contributed by atoms with van der Waals surface area (Å²) in [6, 6.07) is 12.2. The second-order valence-corrected chi connectivity index (χ2v) is 9.11. The predicted octanol–water partition coefficient (Wildman–Crippen LogP) is 3.35. The van der Waals surface area contributed by atoms with Gasteiger partial charge >= 0.3 is 0 Å². The van der Waals surface area contributed by atoms with E-state index in [0.717, 1.165) is 75.0 Å². The summed E-state index contributed by atoms with van der Waals surface area (Å²) < 4.78 is 27.5. The van der Waals surface area contributed by atoms with Crippen molar-refractivity contribution in [3.8, 4) is 0 Å². The van der Waals surface area contributed by atoms with Crippen LogP contribution in [0, 0.1) is 11.6 Å². The van der Waals surface area contributed by atoms with Gasteiger partial charge in [0, 0.05) is 64.3 Å². The summed E-state index contributed by atoms with van der Waals surface area (Å²) in [5, 5.41) is 4.09. The van der Waals surface area contributed by atoms with Crippen LogP contribution in [0.1, 0.15) is 35.1 Å². The van der Waals surface area contributed by atoms with Crippen molar-refractivity contribution in [1.82, 2.24) is 20.0 Å². The summed E-state index contributed by atoms with van der Waals surface area (Å²) in [5.74, 6) is -0.331. The molecule has 2 aromatic rings. The van der Waals surface area contributed by atoms with E-state index in [2.05, 4.69) is 20.0 Å². The summed E-state index contributed by atoms with van der Waals surface area (Å²) in [7, 11) is 0. The van der Waals surface area contributed by atoms with Crippen molar-refractivity contribution in [2.24, 2.45) is 0 Å². The van der Waals surface area contributed by atoms with Gasteiger partial charge in [0.1, 0.15) is 11.6 Å². The molecule has 0 spiro atoms. The number of rotatable bonds is 5. The van der Waals surface area contributed by atoms with E-state index >= 15 is 0 Å². The summed E-state index contributed by atoms with van der Waals surface area (Å²) in [6.07, 6.45) is 0.915. The largest absolute Gasteiger partial charge is 0.361 e. The maximum atomic E-state index is 14.1. The predicted molar refractivity (Wildman–Crippen MR) is 122 cm³/mol. The van der Waals surface area contributed by atoms with Crippen molar-refractivity contribution in [3.05, 3.63) is 70.8 Å². The van der Waals surface area contributed by atoms with Crippen LogP contribution in [-0.2, 0) is 0 Å². The molecular weight excluding hydrogens is 414 g/mol. The van der Waals surface area contributed by atoms with Crippen LogP contribution in [0.3, 0.4) is 0 Å². The Labute approximate surface area is 187 Å². The second kappa shape index (κ2) is 8.81. The molecule has 7 heteroatoms. The zero-order valence-corrected chi connectivity index (χ0v) is 18.4. The molecule has 2 fully saturated rings. The molecule has 0 unspecified atom stereocenters. The van der Waals surface area contributed by atoms with Gasteiger partial charge in [-0.15, -0.1) is 0 Å². The van der Waals surface area contributed by atoms with Crippen LogP contribution in [0.5, 0.6) is 0 Å². The molecule has 2 atom stereocenters. The van der Waals surface area contributed by atoms with E-state index in [9.17, 15) is 8.78 Å². The normalized spacial score (nSPS) is 24.5. The standard InChI is InChI=1S/C24H28F2N4S/c25-18-3-1-17(2-4-18)21-16-23(20-6-5-19(26)15-22(20)21)29-12-9-28(10-13-29)11-14-30-8-7-27-24(30)31/h1-6,15,21,23H,7-14,16H2,(H,27,31)/t21-,23+/m0/s1. The highest BCUT2D eigenvalue weighted by molar-refractivity contribution is 7.80. The summed E-state index contributed by atoms with van der Waals surface area (Å²) in [6.45, 7) is 8.01. The van der Waals surface area contributed by atoms with E-state index in [0.29, 0.717) is 0 Å². The van der Waals surface area contributed by atoms with E-state index in [1.165, 1.54) is 17.7 Å². The van der Waals surface area contributed by atoms with Crippen molar-refractivity contribution in [2.45, 2.75) is 18.4 Å². The Hall–Kier alpha value is -2.09. The monoisotopic (exact) mass is 442 g/mol. The molecule has 0 bridgehead atoms. The molecule has 2 heterocycles. The van der Waals surface area contributed by atoms with Crippen molar-refractivity contribution < 1.29 is 8.78 Å². The zero-order chi connectivity index (χ0) is 21.4. The highest BCUT2D eigenvalue weighted by atomic mass is 32.1. The minimum atomic E-state index is -0.237. The zero-order valence-electron chi connectivity index (χ0n) is 17.6.